The lowest BCUT2D eigenvalue weighted by molar-refractivity contribution is -0.149. The fourth-order valence-corrected chi connectivity index (χ4v) is 3.94. The van der Waals surface area contributed by atoms with E-state index < -0.39 is 0 Å². The van der Waals surface area contributed by atoms with Crippen molar-refractivity contribution in [3.05, 3.63) is 24.5 Å². The van der Waals surface area contributed by atoms with Gasteiger partial charge in [0.25, 0.3) is 0 Å². The minimum absolute atomic E-state index is 0.0278. The summed E-state index contributed by atoms with van der Waals surface area (Å²) >= 11 is 0. The van der Waals surface area contributed by atoms with E-state index in [9.17, 15) is 4.79 Å². The first-order valence-corrected chi connectivity index (χ1v) is 9.25. The van der Waals surface area contributed by atoms with Crippen molar-refractivity contribution in [3.63, 3.8) is 0 Å². The van der Waals surface area contributed by atoms with Gasteiger partial charge in [-0.2, -0.15) is 0 Å². The molecule has 3 rings (SSSR count). The number of carbonyl (C=O) groups is 1. The van der Waals surface area contributed by atoms with Gasteiger partial charge in [-0.05, 0) is 31.4 Å². The lowest BCUT2D eigenvalue weighted by atomic mass is 9.79. The largest absolute Gasteiger partial charge is 0.462 e. The highest BCUT2D eigenvalue weighted by Crippen LogP contribution is 2.41. The molecule has 24 heavy (non-hydrogen) atoms. The van der Waals surface area contributed by atoms with Crippen LogP contribution in [0.4, 0.5) is 5.69 Å². The lowest BCUT2D eigenvalue weighted by Crippen LogP contribution is -2.47. The van der Waals surface area contributed by atoms with E-state index in [1.165, 1.54) is 5.69 Å². The summed E-state index contributed by atoms with van der Waals surface area (Å²) in [5, 5.41) is 0. The summed E-state index contributed by atoms with van der Waals surface area (Å²) in [5.41, 5.74) is 1.04. The molecule has 0 aromatic carbocycles. The Balaban J connectivity index is 1.44. The Hall–Kier alpha value is -1.62. The molecule has 2 saturated heterocycles. The van der Waals surface area contributed by atoms with Crippen molar-refractivity contribution in [2.45, 2.75) is 45.6 Å². The predicted molar refractivity (Wildman–Crippen MR) is 95.0 cm³/mol. The van der Waals surface area contributed by atoms with Gasteiger partial charge in [0.15, 0.2) is 0 Å². The molecule has 5 nitrogen and oxygen atoms in total. The van der Waals surface area contributed by atoms with Crippen LogP contribution in [0.5, 0.6) is 0 Å². The predicted octanol–water partition coefficient (Wildman–Crippen LogP) is 2.72. The van der Waals surface area contributed by atoms with Crippen LogP contribution < -0.4 is 4.90 Å². The molecular weight excluding hydrogens is 302 g/mol. The third kappa shape index (κ3) is 3.56. The molecule has 0 amide bonds. The van der Waals surface area contributed by atoms with E-state index in [2.05, 4.69) is 40.8 Å². The standard InChI is InChI=1S/C19H29N3O2/c1-3-19(4-2)15-17(24-18(19)23)7-10-21-11-13-22(14-12-21)16-5-8-20-9-6-16/h5-6,8-9,17H,3-4,7,10-15H2,1-2H3/t17-/m1/s1. The van der Waals surface area contributed by atoms with E-state index in [1.54, 1.807) is 0 Å². The number of anilines is 1. The number of esters is 1. The van der Waals surface area contributed by atoms with Crippen molar-refractivity contribution in [2.75, 3.05) is 37.6 Å². The zero-order valence-electron chi connectivity index (χ0n) is 14.9. The van der Waals surface area contributed by atoms with Crippen LogP contribution >= 0.6 is 0 Å². The molecule has 0 spiro atoms. The normalized spacial score (nSPS) is 24.2. The number of carbonyl (C=O) groups excluding carboxylic acids is 1. The van der Waals surface area contributed by atoms with E-state index in [1.807, 2.05) is 12.4 Å². The Morgan fingerprint density at radius 1 is 1.17 bits per heavy atom. The second-order valence-electron chi connectivity index (χ2n) is 7.04. The number of hydrogen-bond acceptors (Lipinski definition) is 5. The van der Waals surface area contributed by atoms with Crippen LogP contribution in [0.2, 0.25) is 0 Å². The first kappa shape index (κ1) is 17.2. The number of rotatable bonds is 6. The second kappa shape index (κ2) is 7.51. The van der Waals surface area contributed by atoms with Crippen LogP contribution in [0.15, 0.2) is 24.5 Å². The number of piperazine rings is 1. The van der Waals surface area contributed by atoms with Crippen LogP contribution in [0, 0.1) is 5.41 Å². The Morgan fingerprint density at radius 2 is 1.83 bits per heavy atom. The molecule has 0 saturated carbocycles. The maximum absolute atomic E-state index is 12.2. The zero-order valence-corrected chi connectivity index (χ0v) is 14.9. The third-order valence-corrected chi connectivity index (χ3v) is 5.85. The van der Waals surface area contributed by atoms with Gasteiger partial charge in [0, 0.05) is 57.2 Å². The Kier molecular flexibility index (Phi) is 5.39. The van der Waals surface area contributed by atoms with Crippen molar-refractivity contribution in [1.29, 1.82) is 0 Å². The fourth-order valence-electron chi connectivity index (χ4n) is 3.94. The minimum atomic E-state index is -0.218. The summed E-state index contributed by atoms with van der Waals surface area (Å²) in [6.45, 7) is 9.44. The smallest absolute Gasteiger partial charge is 0.312 e. The molecule has 0 unspecified atom stereocenters. The molecule has 1 atom stereocenters. The van der Waals surface area contributed by atoms with Gasteiger partial charge in [0.2, 0.25) is 0 Å². The Morgan fingerprint density at radius 3 is 2.42 bits per heavy atom. The number of aromatic nitrogens is 1. The molecule has 0 N–H and O–H groups in total. The number of hydrogen-bond donors (Lipinski definition) is 0. The summed E-state index contributed by atoms with van der Waals surface area (Å²) in [5.74, 6) is 0.0278. The third-order valence-electron chi connectivity index (χ3n) is 5.85. The molecule has 132 valence electrons. The van der Waals surface area contributed by atoms with Crippen molar-refractivity contribution in [2.24, 2.45) is 5.41 Å². The SMILES string of the molecule is CCC1(CC)C[C@@H](CCN2CCN(c3ccncc3)CC2)OC1=O. The Bertz CT molecular complexity index is 537. The van der Waals surface area contributed by atoms with Crippen LogP contribution in [0.1, 0.15) is 39.5 Å². The van der Waals surface area contributed by atoms with E-state index in [0.29, 0.717) is 0 Å². The summed E-state index contributed by atoms with van der Waals surface area (Å²) < 4.78 is 5.66. The van der Waals surface area contributed by atoms with Gasteiger partial charge < -0.3 is 9.64 Å². The highest BCUT2D eigenvalue weighted by atomic mass is 16.6. The van der Waals surface area contributed by atoms with E-state index >= 15 is 0 Å². The van der Waals surface area contributed by atoms with Crippen molar-refractivity contribution in [1.82, 2.24) is 9.88 Å². The molecule has 2 aliphatic rings. The maximum Gasteiger partial charge on any atom is 0.312 e. The van der Waals surface area contributed by atoms with Crippen LogP contribution in [-0.4, -0.2) is 54.7 Å². The zero-order chi connectivity index (χ0) is 17.0. The van der Waals surface area contributed by atoms with E-state index in [-0.39, 0.29) is 17.5 Å². The van der Waals surface area contributed by atoms with Crippen molar-refractivity contribution >= 4 is 11.7 Å². The van der Waals surface area contributed by atoms with Gasteiger partial charge in [0.05, 0.1) is 5.41 Å². The molecule has 0 bridgehead atoms. The van der Waals surface area contributed by atoms with Gasteiger partial charge >= 0.3 is 5.97 Å². The van der Waals surface area contributed by atoms with E-state index in [4.69, 9.17) is 4.74 Å². The average molecular weight is 331 g/mol. The monoisotopic (exact) mass is 331 g/mol. The molecule has 2 aliphatic heterocycles. The molecule has 3 heterocycles. The van der Waals surface area contributed by atoms with Gasteiger partial charge in [-0.25, -0.2) is 0 Å². The molecule has 1 aromatic heterocycles. The maximum atomic E-state index is 12.2. The Labute approximate surface area is 145 Å². The molecule has 0 aliphatic carbocycles. The van der Waals surface area contributed by atoms with Crippen LogP contribution in [0.25, 0.3) is 0 Å². The number of ether oxygens (including phenoxy) is 1. The fraction of sp³-hybridized carbons (Fsp3) is 0.684. The molecular formula is C19H29N3O2. The number of cyclic esters (lactones) is 1. The quantitative estimate of drug-likeness (QED) is 0.750. The minimum Gasteiger partial charge on any atom is -0.462 e. The summed E-state index contributed by atoms with van der Waals surface area (Å²) in [6.07, 6.45) is 7.45. The first-order chi connectivity index (χ1) is 11.7. The van der Waals surface area contributed by atoms with E-state index in [0.717, 1.165) is 58.4 Å². The topological polar surface area (TPSA) is 45.7 Å². The lowest BCUT2D eigenvalue weighted by Gasteiger charge is -2.36. The van der Waals surface area contributed by atoms with Crippen molar-refractivity contribution in [3.8, 4) is 0 Å². The molecule has 2 fully saturated rings. The van der Waals surface area contributed by atoms with Crippen molar-refractivity contribution < 1.29 is 9.53 Å². The van der Waals surface area contributed by atoms with Crippen LogP contribution in [0.3, 0.4) is 0 Å². The van der Waals surface area contributed by atoms with Gasteiger partial charge in [-0.3, -0.25) is 14.7 Å². The van der Waals surface area contributed by atoms with Crippen LogP contribution in [-0.2, 0) is 9.53 Å². The van der Waals surface area contributed by atoms with Gasteiger partial charge in [-0.15, -0.1) is 0 Å². The molecule has 0 radical (unpaired) electrons. The number of nitrogens with zero attached hydrogens (tertiary/aromatic N) is 3. The molecule has 5 heteroatoms. The summed E-state index contributed by atoms with van der Waals surface area (Å²) in [6, 6.07) is 4.14. The molecule has 1 aromatic rings. The summed E-state index contributed by atoms with van der Waals surface area (Å²) in [4.78, 5) is 21.2. The highest BCUT2D eigenvalue weighted by molar-refractivity contribution is 5.78. The second-order valence-corrected chi connectivity index (χ2v) is 7.04. The first-order valence-electron chi connectivity index (χ1n) is 9.25. The highest BCUT2D eigenvalue weighted by Gasteiger charge is 2.46. The van der Waals surface area contributed by atoms with Gasteiger partial charge in [0.1, 0.15) is 6.10 Å². The van der Waals surface area contributed by atoms with Gasteiger partial charge in [-0.1, -0.05) is 13.8 Å². The summed E-state index contributed by atoms with van der Waals surface area (Å²) in [7, 11) is 0. The average Bonchev–Trinajstić information content (AvgIpc) is 2.97. The number of pyridine rings is 1.